The molecule has 1 fully saturated rings. The predicted octanol–water partition coefficient (Wildman–Crippen LogP) is 3.30. The van der Waals surface area contributed by atoms with Crippen LogP contribution in [0.25, 0.3) is 6.08 Å². The van der Waals surface area contributed by atoms with E-state index in [2.05, 4.69) is 5.43 Å². The van der Waals surface area contributed by atoms with Crippen molar-refractivity contribution in [2.75, 3.05) is 0 Å². The van der Waals surface area contributed by atoms with Crippen LogP contribution >= 0.6 is 24.0 Å². The Morgan fingerprint density at radius 1 is 1.13 bits per heavy atom. The third-order valence-corrected chi connectivity index (χ3v) is 4.60. The van der Waals surface area contributed by atoms with Crippen molar-refractivity contribution in [3.8, 4) is 5.75 Å². The number of amides is 1. The molecule has 1 aliphatic heterocycles. The molecule has 4 nitrogen and oxygen atoms in total. The van der Waals surface area contributed by atoms with Crippen LogP contribution in [0.15, 0.2) is 59.5 Å². The topological polar surface area (TPSA) is 52.6 Å². The minimum absolute atomic E-state index is 0.134. The molecule has 23 heavy (non-hydrogen) atoms. The molecule has 2 aromatic carbocycles. The van der Waals surface area contributed by atoms with Gasteiger partial charge in [-0.3, -0.25) is 4.79 Å². The van der Waals surface area contributed by atoms with Gasteiger partial charge < -0.3 is 5.11 Å². The molecule has 3 rings (SSSR count). The van der Waals surface area contributed by atoms with Gasteiger partial charge in [-0.1, -0.05) is 72.5 Å². The van der Waals surface area contributed by atoms with Gasteiger partial charge in [0.05, 0.1) is 4.91 Å². The quantitative estimate of drug-likeness (QED) is 0.660. The van der Waals surface area contributed by atoms with Crippen LogP contribution in [0.3, 0.4) is 0 Å². The number of thiocarbonyl (C=S) groups is 1. The fourth-order valence-electron chi connectivity index (χ4n) is 2.12. The van der Waals surface area contributed by atoms with Crippen LogP contribution < -0.4 is 5.43 Å². The van der Waals surface area contributed by atoms with E-state index in [9.17, 15) is 9.90 Å². The maximum absolute atomic E-state index is 12.5. The number of benzene rings is 2. The van der Waals surface area contributed by atoms with Crippen LogP contribution in [0.4, 0.5) is 0 Å². The van der Waals surface area contributed by atoms with Gasteiger partial charge in [0, 0.05) is 12.1 Å². The first kappa shape index (κ1) is 15.7. The molecular formula is C17H14N2O2S2. The first-order valence-corrected chi connectivity index (χ1v) is 8.21. The summed E-state index contributed by atoms with van der Waals surface area (Å²) in [5.41, 5.74) is 4.70. The summed E-state index contributed by atoms with van der Waals surface area (Å²) in [7, 11) is 0. The summed E-state index contributed by atoms with van der Waals surface area (Å²) in [6.45, 7) is 0.511. The van der Waals surface area contributed by atoms with Crippen LogP contribution in [-0.4, -0.2) is 20.3 Å². The molecule has 0 radical (unpaired) electrons. The average molecular weight is 342 g/mol. The molecule has 1 heterocycles. The molecule has 6 heteroatoms. The molecule has 0 unspecified atom stereocenters. The number of aromatic hydroxyl groups is 1. The molecule has 0 atom stereocenters. The van der Waals surface area contributed by atoms with Crippen molar-refractivity contribution in [2.24, 2.45) is 0 Å². The molecule has 1 saturated heterocycles. The van der Waals surface area contributed by atoms with E-state index in [0.717, 1.165) is 5.56 Å². The maximum Gasteiger partial charge on any atom is 0.280 e. The van der Waals surface area contributed by atoms with Crippen molar-refractivity contribution < 1.29 is 9.90 Å². The zero-order chi connectivity index (χ0) is 16.2. The summed E-state index contributed by atoms with van der Waals surface area (Å²) in [6.07, 6.45) is 1.65. The van der Waals surface area contributed by atoms with E-state index in [1.807, 2.05) is 30.3 Å². The number of phenolic OH excluding ortho intramolecular Hbond substituents is 1. The zero-order valence-electron chi connectivity index (χ0n) is 12.1. The van der Waals surface area contributed by atoms with Crippen LogP contribution in [-0.2, 0) is 11.3 Å². The van der Waals surface area contributed by atoms with Crippen LogP contribution in [0, 0.1) is 0 Å². The number of carbonyl (C=O) groups is 1. The number of thioether (sulfide) groups is 1. The summed E-state index contributed by atoms with van der Waals surface area (Å²) in [5, 5.41) is 11.2. The lowest BCUT2D eigenvalue weighted by atomic mass is 10.2. The van der Waals surface area contributed by atoms with E-state index in [4.69, 9.17) is 12.2 Å². The highest BCUT2D eigenvalue weighted by Gasteiger charge is 2.32. The molecule has 116 valence electrons. The second-order valence-corrected chi connectivity index (χ2v) is 6.57. The Bertz CT molecular complexity index is 775. The Morgan fingerprint density at radius 3 is 2.57 bits per heavy atom. The third kappa shape index (κ3) is 3.61. The molecule has 0 bridgehead atoms. The second-order valence-electron chi connectivity index (χ2n) is 4.90. The Balaban J connectivity index is 1.74. The Kier molecular flexibility index (Phi) is 4.76. The smallest absolute Gasteiger partial charge is 0.280 e. The number of hydrogen-bond donors (Lipinski definition) is 2. The van der Waals surface area contributed by atoms with E-state index >= 15 is 0 Å². The van der Waals surface area contributed by atoms with Crippen LogP contribution in [0.5, 0.6) is 5.75 Å². The normalized spacial score (nSPS) is 16.3. The number of para-hydroxylation sites is 1. The van der Waals surface area contributed by atoms with E-state index in [-0.39, 0.29) is 11.7 Å². The van der Waals surface area contributed by atoms with E-state index in [0.29, 0.717) is 21.3 Å². The summed E-state index contributed by atoms with van der Waals surface area (Å²) in [6, 6.07) is 16.7. The molecule has 0 aromatic heterocycles. The summed E-state index contributed by atoms with van der Waals surface area (Å²) in [5.74, 6) is -0.0748. The Labute approximate surface area is 143 Å². The van der Waals surface area contributed by atoms with Crippen molar-refractivity contribution in [3.05, 3.63) is 70.6 Å². The number of rotatable bonds is 4. The van der Waals surface area contributed by atoms with Crippen molar-refractivity contribution in [2.45, 2.75) is 6.54 Å². The number of nitrogens with one attached hydrogen (secondary N) is 1. The Hall–Kier alpha value is -2.15. The largest absolute Gasteiger partial charge is 0.507 e. The maximum atomic E-state index is 12.5. The number of phenols is 1. The predicted molar refractivity (Wildman–Crippen MR) is 96.4 cm³/mol. The fourth-order valence-corrected chi connectivity index (χ4v) is 3.33. The van der Waals surface area contributed by atoms with Gasteiger partial charge >= 0.3 is 0 Å². The minimum Gasteiger partial charge on any atom is -0.507 e. The van der Waals surface area contributed by atoms with Crippen LogP contribution in [0.1, 0.15) is 11.1 Å². The molecule has 1 amide bonds. The van der Waals surface area contributed by atoms with Gasteiger partial charge in [0.15, 0.2) is 4.32 Å². The Morgan fingerprint density at radius 2 is 1.83 bits per heavy atom. The van der Waals surface area contributed by atoms with E-state index in [1.54, 1.807) is 30.3 Å². The fraction of sp³-hybridized carbons (Fsp3) is 0.0588. The third-order valence-electron chi connectivity index (χ3n) is 3.30. The van der Waals surface area contributed by atoms with Crippen molar-refractivity contribution in [1.82, 2.24) is 10.4 Å². The van der Waals surface area contributed by atoms with Gasteiger partial charge in [0.1, 0.15) is 5.75 Å². The minimum atomic E-state index is -0.209. The number of carbonyl (C=O) groups excluding carboxylic acids is 1. The first-order valence-electron chi connectivity index (χ1n) is 6.98. The van der Waals surface area contributed by atoms with Crippen LogP contribution in [0.2, 0.25) is 0 Å². The van der Waals surface area contributed by atoms with Gasteiger partial charge in [-0.25, -0.2) is 10.4 Å². The monoisotopic (exact) mass is 342 g/mol. The summed E-state index contributed by atoms with van der Waals surface area (Å²) < 4.78 is 0.451. The SMILES string of the molecule is O=C1/C(=C\c2ccccc2O)SC(=S)N1NCc1ccccc1. The highest BCUT2D eigenvalue weighted by Crippen LogP contribution is 2.33. The average Bonchev–Trinajstić information content (AvgIpc) is 2.82. The lowest BCUT2D eigenvalue weighted by Gasteiger charge is -2.15. The zero-order valence-corrected chi connectivity index (χ0v) is 13.7. The molecular weight excluding hydrogens is 328 g/mol. The summed E-state index contributed by atoms with van der Waals surface area (Å²) >= 11 is 6.48. The van der Waals surface area contributed by atoms with Crippen molar-refractivity contribution in [1.29, 1.82) is 0 Å². The molecule has 0 spiro atoms. The van der Waals surface area contributed by atoms with Crippen molar-refractivity contribution >= 4 is 40.3 Å². The first-order chi connectivity index (χ1) is 11.1. The van der Waals surface area contributed by atoms with E-state index in [1.165, 1.54) is 16.8 Å². The molecule has 0 saturated carbocycles. The van der Waals surface area contributed by atoms with Gasteiger partial charge in [0.2, 0.25) is 0 Å². The highest BCUT2D eigenvalue weighted by atomic mass is 32.2. The molecule has 0 aliphatic carbocycles. The molecule has 1 aliphatic rings. The number of hydrogen-bond acceptors (Lipinski definition) is 5. The van der Waals surface area contributed by atoms with Crippen molar-refractivity contribution in [3.63, 3.8) is 0 Å². The van der Waals surface area contributed by atoms with E-state index < -0.39 is 0 Å². The number of hydrazine groups is 1. The molecule has 2 aromatic rings. The summed E-state index contributed by atoms with van der Waals surface area (Å²) in [4.78, 5) is 12.9. The lowest BCUT2D eigenvalue weighted by Crippen LogP contribution is -2.40. The standard InChI is InChI=1S/C17H14N2O2S2/c20-14-9-5-4-8-13(14)10-15-16(21)19(17(22)23-15)18-11-12-6-2-1-3-7-12/h1-10,18,20H,11H2/b15-10+. The molecule has 2 N–H and O–H groups in total. The lowest BCUT2D eigenvalue weighted by molar-refractivity contribution is -0.124. The van der Waals surface area contributed by atoms with Gasteiger partial charge in [-0.2, -0.15) is 0 Å². The van der Waals surface area contributed by atoms with Gasteiger partial charge in [0.25, 0.3) is 5.91 Å². The number of nitrogens with zero attached hydrogens (tertiary/aromatic N) is 1. The highest BCUT2D eigenvalue weighted by molar-refractivity contribution is 8.26. The van der Waals surface area contributed by atoms with Gasteiger partial charge in [-0.05, 0) is 17.7 Å². The van der Waals surface area contributed by atoms with Gasteiger partial charge in [-0.15, -0.1) is 0 Å². The second kappa shape index (κ2) is 6.95.